The molecule has 154 valence electrons. The van der Waals surface area contributed by atoms with E-state index in [9.17, 15) is 19.7 Å². The third-order valence-electron chi connectivity index (χ3n) is 4.06. The van der Waals surface area contributed by atoms with Crippen LogP contribution in [0.4, 0.5) is 11.4 Å². The van der Waals surface area contributed by atoms with E-state index in [0.29, 0.717) is 11.5 Å². The van der Waals surface area contributed by atoms with Gasteiger partial charge >= 0.3 is 0 Å². The number of rotatable bonds is 7. The van der Waals surface area contributed by atoms with Crippen LogP contribution in [0.5, 0.6) is 0 Å². The number of aryl methyl sites for hydroxylation is 2. The maximum absolute atomic E-state index is 12.2. The molecule has 0 fully saturated rings. The fraction of sp³-hybridized carbons (Fsp3) is 0.158. The molecule has 3 aromatic rings. The molecule has 0 spiro atoms. The molecule has 2 heterocycles. The number of amides is 2. The Balaban J connectivity index is 1.64. The molecule has 11 heteroatoms. The summed E-state index contributed by atoms with van der Waals surface area (Å²) in [6, 6.07) is 9.26. The zero-order chi connectivity index (χ0) is 21.8. The van der Waals surface area contributed by atoms with Crippen LogP contribution in [0.1, 0.15) is 21.7 Å². The fourth-order valence-electron chi connectivity index (χ4n) is 2.72. The molecule has 0 unspecified atom stereocenters. The summed E-state index contributed by atoms with van der Waals surface area (Å²) >= 11 is 0.988. The Hall–Kier alpha value is -3.73. The highest BCUT2D eigenvalue weighted by Gasteiger charge is 2.18. The number of nitrogens with one attached hydrogen (secondary N) is 1. The molecular formula is C19H18N6O4S. The minimum Gasteiger partial charge on any atom is -0.366 e. The summed E-state index contributed by atoms with van der Waals surface area (Å²) in [7, 11) is 0. The van der Waals surface area contributed by atoms with Crippen molar-refractivity contribution in [2.75, 3.05) is 11.1 Å². The van der Waals surface area contributed by atoms with Gasteiger partial charge in [0, 0.05) is 17.3 Å². The van der Waals surface area contributed by atoms with Gasteiger partial charge in [-0.1, -0.05) is 0 Å². The lowest BCUT2D eigenvalue weighted by Gasteiger charge is -2.08. The Morgan fingerprint density at radius 1 is 1.23 bits per heavy atom. The largest absolute Gasteiger partial charge is 0.366 e. The van der Waals surface area contributed by atoms with Gasteiger partial charge in [-0.15, -0.1) is 11.8 Å². The minimum absolute atomic E-state index is 0.0317. The average Bonchev–Trinajstić information content (AvgIpc) is 3.04. The highest BCUT2D eigenvalue weighted by molar-refractivity contribution is 8.00. The van der Waals surface area contributed by atoms with Crippen LogP contribution < -0.4 is 11.1 Å². The second kappa shape index (κ2) is 8.74. The van der Waals surface area contributed by atoms with Crippen molar-refractivity contribution in [1.82, 2.24) is 14.8 Å². The van der Waals surface area contributed by atoms with Crippen LogP contribution in [0, 0.1) is 24.0 Å². The van der Waals surface area contributed by atoms with Gasteiger partial charge in [0.05, 0.1) is 33.1 Å². The van der Waals surface area contributed by atoms with E-state index in [1.807, 2.05) is 19.9 Å². The standard InChI is InChI=1S/C19H18N6O4S/c1-11-7-12(2)24(23-11)17-6-4-14(9-21-17)22-18(26)10-30-16-5-3-13(19(20)27)8-15(16)25(28)29/h3-9H,10H2,1-2H3,(H2,20,27)(H,22,26). The van der Waals surface area contributed by atoms with E-state index in [1.54, 1.807) is 16.8 Å². The van der Waals surface area contributed by atoms with Crippen molar-refractivity contribution in [1.29, 1.82) is 0 Å². The molecule has 0 saturated carbocycles. The SMILES string of the molecule is Cc1cc(C)n(-c2ccc(NC(=O)CSc3ccc(C(N)=O)cc3[N+](=O)[O-])cn2)n1. The summed E-state index contributed by atoms with van der Waals surface area (Å²) < 4.78 is 1.70. The van der Waals surface area contributed by atoms with Crippen molar-refractivity contribution in [3.8, 4) is 5.82 Å². The number of primary amides is 1. The second-order valence-electron chi connectivity index (χ2n) is 6.38. The van der Waals surface area contributed by atoms with Crippen LogP contribution in [0.25, 0.3) is 5.82 Å². The van der Waals surface area contributed by atoms with Crippen LogP contribution in [-0.4, -0.2) is 37.3 Å². The zero-order valence-electron chi connectivity index (χ0n) is 16.2. The van der Waals surface area contributed by atoms with Crippen LogP contribution in [0.3, 0.4) is 0 Å². The number of nitro groups is 1. The van der Waals surface area contributed by atoms with E-state index in [4.69, 9.17) is 5.73 Å². The molecular weight excluding hydrogens is 408 g/mol. The quantitative estimate of drug-likeness (QED) is 0.335. The van der Waals surface area contributed by atoms with E-state index in [-0.39, 0.29) is 27.8 Å². The number of thioether (sulfide) groups is 1. The summed E-state index contributed by atoms with van der Waals surface area (Å²) in [6.07, 6.45) is 1.51. The molecule has 0 aliphatic carbocycles. The molecule has 2 aromatic heterocycles. The first-order valence-corrected chi connectivity index (χ1v) is 9.73. The van der Waals surface area contributed by atoms with Gasteiger partial charge in [0.15, 0.2) is 5.82 Å². The lowest BCUT2D eigenvalue weighted by atomic mass is 10.2. The Kier molecular flexibility index (Phi) is 6.11. The van der Waals surface area contributed by atoms with Crippen molar-refractivity contribution in [3.05, 3.63) is 69.7 Å². The van der Waals surface area contributed by atoms with Crippen molar-refractivity contribution in [2.45, 2.75) is 18.7 Å². The minimum atomic E-state index is -0.760. The van der Waals surface area contributed by atoms with Gasteiger partial charge in [-0.2, -0.15) is 5.10 Å². The average molecular weight is 426 g/mol. The van der Waals surface area contributed by atoms with E-state index >= 15 is 0 Å². The first-order chi connectivity index (χ1) is 14.2. The van der Waals surface area contributed by atoms with Crippen LogP contribution in [0.15, 0.2) is 47.5 Å². The third-order valence-corrected chi connectivity index (χ3v) is 5.12. The van der Waals surface area contributed by atoms with Gasteiger partial charge in [0.1, 0.15) is 0 Å². The Morgan fingerprint density at radius 2 is 2.00 bits per heavy atom. The summed E-state index contributed by atoms with van der Waals surface area (Å²) in [5.74, 6) is -0.549. The van der Waals surface area contributed by atoms with E-state index in [2.05, 4.69) is 15.4 Å². The zero-order valence-corrected chi connectivity index (χ0v) is 17.0. The number of benzene rings is 1. The van der Waals surface area contributed by atoms with Gasteiger partial charge in [-0.3, -0.25) is 19.7 Å². The number of carbonyl (C=O) groups excluding carboxylic acids is 2. The summed E-state index contributed by atoms with van der Waals surface area (Å²) in [4.78, 5) is 38.6. The van der Waals surface area contributed by atoms with Crippen molar-refractivity contribution < 1.29 is 14.5 Å². The van der Waals surface area contributed by atoms with E-state index < -0.39 is 10.8 Å². The number of hydrogen-bond donors (Lipinski definition) is 2. The Morgan fingerprint density at radius 3 is 2.57 bits per heavy atom. The number of nitrogens with zero attached hydrogens (tertiary/aromatic N) is 4. The summed E-state index contributed by atoms with van der Waals surface area (Å²) in [5.41, 5.74) is 7.22. The van der Waals surface area contributed by atoms with Gasteiger partial charge in [0.2, 0.25) is 11.8 Å². The van der Waals surface area contributed by atoms with Gasteiger partial charge in [-0.25, -0.2) is 9.67 Å². The van der Waals surface area contributed by atoms with E-state index in [0.717, 1.165) is 29.2 Å². The van der Waals surface area contributed by atoms with Gasteiger partial charge in [0.25, 0.3) is 5.69 Å². The number of carbonyl (C=O) groups is 2. The predicted octanol–water partition coefficient (Wildman–Crippen LogP) is 2.62. The highest BCUT2D eigenvalue weighted by atomic mass is 32.2. The lowest BCUT2D eigenvalue weighted by molar-refractivity contribution is -0.387. The van der Waals surface area contributed by atoms with Crippen LogP contribution >= 0.6 is 11.8 Å². The predicted molar refractivity (Wildman–Crippen MR) is 112 cm³/mol. The summed E-state index contributed by atoms with van der Waals surface area (Å²) in [6.45, 7) is 3.81. The van der Waals surface area contributed by atoms with Crippen molar-refractivity contribution >= 4 is 35.0 Å². The van der Waals surface area contributed by atoms with Gasteiger partial charge in [-0.05, 0) is 44.2 Å². The third kappa shape index (κ3) is 4.81. The first-order valence-electron chi connectivity index (χ1n) is 8.75. The molecule has 10 nitrogen and oxygen atoms in total. The second-order valence-corrected chi connectivity index (χ2v) is 7.40. The monoisotopic (exact) mass is 426 g/mol. The van der Waals surface area contributed by atoms with E-state index in [1.165, 1.54) is 18.3 Å². The van der Waals surface area contributed by atoms with Gasteiger partial charge < -0.3 is 11.1 Å². The molecule has 0 aliphatic heterocycles. The maximum atomic E-state index is 12.2. The number of nitrogens with two attached hydrogens (primary N) is 1. The molecule has 1 aromatic carbocycles. The number of anilines is 1. The molecule has 0 aliphatic rings. The topological polar surface area (TPSA) is 146 Å². The van der Waals surface area contributed by atoms with Crippen LogP contribution in [-0.2, 0) is 4.79 Å². The number of hydrogen-bond acceptors (Lipinski definition) is 7. The maximum Gasteiger partial charge on any atom is 0.283 e. The number of pyridine rings is 1. The molecule has 3 rings (SSSR count). The fourth-order valence-corrected chi connectivity index (χ4v) is 3.53. The lowest BCUT2D eigenvalue weighted by Crippen LogP contribution is -2.15. The normalized spacial score (nSPS) is 10.6. The molecule has 0 saturated heterocycles. The molecule has 3 N–H and O–H groups in total. The number of nitro benzene ring substituents is 1. The Labute approximate surface area is 175 Å². The first kappa shape index (κ1) is 21.0. The summed E-state index contributed by atoms with van der Waals surface area (Å²) in [5, 5.41) is 18.3. The molecule has 0 radical (unpaired) electrons. The molecule has 0 atom stereocenters. The number of aromatic nitrogens is 3. The van der Waals surface area contributed by atoms with Crippen molar-refractivity contribution in [3.63, 3.8) is 0 Å². The molecule has 0 bridgehead atoms. The Bertz CT molecular complexity index is 1130. The molecule has 30 heavy (non-hydrogen) atoms. The van der Waals surface area contributed by atoms with Crippen molar-refractivity contribution in [2.24, 2.45) is 5.73 Å². The van der Waals surface area contributed by atoms with Crippen LogP contribution in [0.2, 0.25) is 0 Å². The highest BCUT2D eigenvalue weighted by Crippen LogP contribution is 2.30. The smallest absolute Gasteiger partial charge is 0.283 e. The molecule has 2 amide bonds.